The fourth-order valence-corrected chi connectivity index (χ4v) is 0.711. The van der Waals surface area contributed by atoms with Crippen LogP contribution >= 0.6 is 0 Å². The molecule has 4 heteroatoms. The van der Waals surface area contributed by atoms with E-state index in [4.69, 9.17) is 10.5 Å². The number of primary amides is 1. The largest absolute Gasteiger partial charge is 0.486 e. The molecule has 0 bridgehead atoms. The van der Waals surface area contributed by atoms with Gasteiger partial charge in [0, 0.05) is 5.57 Å². The van der Waals surface area contributed by atoms with Gasteiger partial charge < -0.3 is 10.5 Å². The number of aldehydes is 1. The molecule has 0 aromatic heterocycles. The molecule has 2 N–H and O–H groups in total. The van der Waals surface area contributed by atoms with E-state index in [9.17, 15) is 9.59 Å². The van der Waals surface area contributed by atoms with Gasteiger partial charge in [-0.3, -0.25) is 9.59 Å². The molecular formula is C7H7NO3. The molecular weight excluding hydrogens is 146 g/mol. The van der Waals surface area contributed by atoms with Crippen molar-refractivity contribution in [3.05, 3.63) is 24.0 Å². The summed E-state index contributed by atoms with van der Waals surface area (Å²) in [6.07, 6.45) is 3.98. The molecule has 1 unspecified atom stereocenters. The minimum absolute atomic E-state index is 0.299. The third kappa shape index (κ3) is 1.67. The normalized spacial score (nSPS) is 21.8. The van der Waals surface area contributed by atoms with E-state index in [1.54, 1.807) is 0 Å². The van der Waals surface area contributed by atoms with E-state index in [0.717, 1.165) is 0 Å². The summed E-state index contributed by atoms with van der Waals surface area (Å²) in [5.74, 6) is -0.559. The number of ether oxygens (including phenoxy) is 1. The lowest BCUT2D eigenvalue weighted by Crippen LogP contribution is -2.19. The fraction of sp³-hybridized carbons (Fsp3) is 0.143. The van der Waals surface area contributed by atoms with Crippen LogP contribution in [0.3, 0.4) is 0 Å². The van der Waals surface area contributed by atoms with Crippen LogP contribution in [-0.2, 0) is 14.3 Å². The maximum atomic E-state index is 10.5. The first-order valence-corrected chi connectivity index (χ1v) is 3.03. The van der Waals surface area contributed by atoms with Crippen LogP contribution in [0, 0.1) is 0 Å². The molecule has 0 spiro atoms. The van der Waals surface area contributed by atoms with Gasteiger partial charge in [0.15, 0.2) is 12.4 Å². The quantitative estimate of drug-likeness (QED) is 0.544. The summed E-state index contributed by atoms with van der Waals surface area (Å²) >= 11 is 0. The van der Waals surface area contributed by atoms with Crippen LogP contribution in [0.25, 0.3) is 0 Å². The number of amides is 1. The van der Waals surface area contributed by atoms with Gasteiger partial charge in [0.1, 0.15) is 0 Å². The summed E-state index contributed by atoms with van der Waals surface area (Å²) < 4.78 is 4.77. The van der Waals surface area contributed by atoms with Gasteiger partial charge in [0.2, 0.25) is 5.91 Å². The SMILES string of the molecule is NC(=O)C1=CC(C=O)OC=C1. The molecule has 1 aliphatic heterocycles. The number of carbonyl (C=O) groups excluding carboxylic acids is 2. The Morgan fingerprint density at radius 1 is 1.73 bits per heavy atom. The second-order valence-electron chi connectivity index (χ2n) is 2.03. The van der Waals surface area contributed by atoms with Gasteiger partial charge >= 0.3 is 0 Å². The second-order valence-corrected chi connectivity index (χ2v) is 2.03. The van der Waals surface area contributed by atoms with Crippen LogP contribution in [0.2, 0.25) is 0 Å². The van der Waals surface area contributed by atoms with Gasteiger partial charge in [0.25, 0.3) is 0 Å². The third-order valence-electron chi connectivity index (χ3n) is 1.25. The Bertz CT molecular complexity index is 242. The van der Waals surface area contributed by atoms with E-state index in [1.165, 1.54) is 18.4 Å². The van der Waals surface area contributed by atoms with Crippen molar-refractivity contribution in [2.24, 2.45) is 5.73 Å². The zero-order valence-corrected chi connectivity index (χ0v) is 5.69. The molecule has 1 amide bonds. The Morgan fingerprint density at radius 2 is 2.45 bits per heavy atom. The summed E-state index contributed by atoms with van der Waals surface area (Å²) in [5.41, 5.74) is 5.25. The molecule has 1 rings (SSSR count). The number of hydrogen-bond donors (Lipinski definition) is 1. The number of hydrogen-bond acceptors (Lipinski definition) is 3. The van der Waals surface area contributed by atoms with E-state index < -0.39 is 12.0 Å². The van der Waals surface area contributed by atoms with Crippen LogP contribution in [0.5, 0.6) is 0 Å². The second kappa shape index (κ2) is 3.01. The van der Waals surface area contributed by atoms with Crippen LogP contribution in [0.15, 0.2) is 24.0 Å². The molecule has 58 valence electrons. The monoisotopic (exact) mass is 153 g/mol. The molecule has 1 aliphatic rings. The number of nitrogens with two attached hydrogens (primary N) is 1. The maximum Gasteiger partial charge on any atom is 0.248 e. The van der Waals surface area contributed by atoms with Crippen LogP contribution in [0.4, 0.5) is 0 Å². The highest BCUT2D eigenvalue weighted by Crippen LogP contribution is 2.07. The minimum atomic E-state index is -0.678. The lowest BCUT2D eigenvalue weighted by Gasteiger charge is -2.10. The molecule has 1 atom stereocenters. The Hall–Kier alpha value is -1.58. The molecule has 4 nitrogen and oxygen atoms in total. The van der Waals surface area contributed by atoms with Crippen molar-refractivity contribution in [1.29, 1.82) is 0 Å². The average Bonchev–Trinajstić information content (AvgIpc) is 2.05. The van der Waals surface area contributed by atoms with Gasteiger partial charge in [-0.2, -0.15) is 0 Å². The molecule has 1 heterocycles. The molecule has 0 aliphatic carbocycles. The van der Waals surface area contributed by atoms with Gasteiger partial charge in [-0.1, -0.05) is 0 Å². The summed E-state index contributed by atoms with van der Waals surface area (Å²) in [4.78, 5) is 20.7. The highest BCUT2D eigenvalue weighted by molar-refractivity contribution is 5.95. The lowest BCUT2D eigenvalue weighted by molar-refractivity contribution is -0.114. The predicted octanol–water partition coefficient (Wildman–Crippen LogP) is -0.491. The van der Waals surface area contributed by atoms with Crippen molar-refractivity contribution < 1.29 is 14.3 Å². The average molecular weight is 153 g/mol. The number of carbonyl (C=O) groups is 2. The van der Waals surface area contributed by atoms with Crippen molar-refractivity contribution in [2.75, 3.05) is 0 Å². The minimum Gasteiger partial charge on any atom is -0.486 e. The molecule has 0 fully saturated rings. The summed E-state index contributed by atoms with van der Waals surface area (Å²) in [5, 5.41) is 0. The van der Waals surface area contributed by atoms with Crippen LogP contribution < -0.4 is 5.73 Å². The van der Waals surface area contributed by atoms with Gasteiger partial charge in [0.05, 0.1) is 6.26 Å². The standard InChI is InChI=1S/C7H7NO3/c8-7(10)5-1-2-11-6(3-5)4-9/h1-4,6H,(H2,8,10). The molecule has 0 aromatic carbocycles. The Balaban J connectivity index is 2.79. The Labute approximate surface area is 63.3 Å². The molecule has 11 heavy (non-hydrogen) atoms. The lowest BCUT2D eigenvalue weighted by atomic mass is 10.1. The van der Waals surface area contributed by atoms with E-state index in [1.807, 2.05) is 0 Å². The first-order valence-electron chi connectivity index (χ1n) is 3.03. The van der Waals surface area contributed by atoms with Crippen molar-refractivity contribution in [3.8, 4) is 0 Å². The topological polar surface area (TPSA) is 69.4 Å². The fourth-order valence-electron chi connectivity index (χ4n) is 0.711. The molecule has 0 saturated carbocycles. The number of rotatable bonds is 2. The molecule has 0 radical (unpaired) electrons. The van der Waals surface area contributed by atoms with Crippen molar-refractivity contribution in [3.63, 3.8) is 0 Å². The van der Waals surface area contributed by atoms with Gasteiger partial charge in [-0.25, -0.2) is 0 Å². The van der Waals surface area contributed by atoms with Crippen molar-refractivity contribution in [2.45, 2.75) is 6.10 Å². The first-order chi connectivity index (χ1) is 5.24. The van der Waals surface area contributed by atoms with Crippen LogP contribution in [0.1, 0.15) is 0 Å². The molecule has 0 saturated heterocycles. The van der Waals surface area contributed by atoms with Crippen LogP contribution in [-0.4, -0.2) is 18.3 Å². The first kappa shape index (κ1) is 7.53. The van der Waals surface area contributed by atoms with E-state index in [0.29, 0.717) is 11.9 Å². The third-order valence-corrected chi connectivity index (χ3v) is 1.25. The molecule has 0 aromatic rings. The van der Waals surface area contributed by atoms with Gasteiger partial charge in [-0.05, 0) is 12.2 Å². The van der Waals surface area contributed by atoms with Crippen molar-refractivity contribution >= 4 is 12.2 Å². The highest BCUT2D eigenvalue weighted by Gasteiger charge is 2.11. The van der Waals surface area contributed by atoms with Gasteiger partial charge in [-0.15, -0.1) is 0 Å². The predicted molar refractivity (Wildman–Crippen MR) is 37.4 cm³/mol. The zero-order chi connectivity index (χ0) is 8.27. The van der Waals surface area contributed by atoms with E-state index in [2.05, 4.69) is 0 Å². The summed E-state index contributed by atoms with van der Waals surface area (Å²) in [6, 6.07) is 0. The summed E-state index contributed by atoms with van der Waals surface area (Å²) in [6.45, 7) is 0. The maximum absolute atomic E-state index is 10.5. The Kier molecular flexibility index (Phi) is 2.06. The zero-order valence-electron chi connectivity index (χ0n) is 5.69. The smallest absolute Gasteiger partial charge is 0.248 e. The summed E-state index contributed by atoms with van der Waals surface area (Å²) in [7, 11) is 0. The van der Waals surface area contributed by atoms with E-state index >= 15 is 0 Å². The van der Waals surface area contributed by atoms with Crippen molar-refractivity contribution in [1.82, 2.24) is 0 Å². The van der Waals surface area contributed by atoms with E-state index in [-0.39, 0.29) is 0 Å². The Morgan fingerprint density at radius 3 is 3.00 bits per heavy atom. The highest BCUT2D eigenvalue weighted by atomic mass is 16.5.